The smallest absolute Gasteiger partial charge is 0.266 e. The number of thiocarbonyl (C=S) groups is 1. The van der Waals surface area contributed by atoms with Crippen LogP contribution in [0.25, 0.3) is 6.08 Å². The number of ether oxygens (including phenoxy) is 1. The number of nitrogens with zero attached hydrogens (tertiary/aromatic N) is 1. The van der Waals surface area contributed by atoms with Gasteiger partial charge in [-0.25, -0.2) is 0 Å². The molecule has 0 spiro atoms. The topological polar surface area (TPSA) is 58.6 Å². The minimum absolute atomic E-state index is 0.0121. The highest BCUT2D eigenvalue weighted by Gasteiger charge is 2.33. The molecule has 144 valence electrons. The van der Waals surface area contributed by atoms with Gasteiger partial charge in [-0.2, -0.15) is 0 Å². The molecule has 1 heterocycles. The van der Waals surface area contributed by atoms with E-state index in [1.807, 2.05) is 31.2 Å². The van der Waals surface area contributed by atoms with E-state index in [2.05, 4.69) is 5.32 Å². The Bertz CT molecular complexity index is 740. The van der Waals surface area contributed by atoms with Gasteiger partial charge in [0.1, 0.15) is 16.6 Å². The van der Waals surface area contributed by atoms with Gasteiger partial charge < -0.3 is 10.1 Å². The highest BCUT2D eigenvalue weighted by atomic mass is 32.2. The van der Waals surface area contributed by atoms with Gasteiger partial charge in [0.05, 0.1) is 11.5 Å². The number of hydrogen-bond acceptors (Lipinski definition) is 5. The normalized spacial score (nSPS) is 19.6. The zero-order valence-electron chi connectivity index (χ0n) is 15.4. The summed E-state index contributed by atoms with van der Waals surface area (Å²) < 4.78 is 5.85. The van der Waals surface area contributed by atoms with Gasteiger partial charge in [-0.05, 0) is 43.5 Å². The molecule has 0 radical (unpaired) electrons. The van der Waals surface area contributed by atoms with Crippen LogP contribution in [0.3, 0.4) is 0 Å². The van der Waals surface area contributed by atoms with Crippen LogP contribution >= 0.6 is 24.0 Å². The van der Waals surface area contributed by atoms with Crippen LogP contribution in [0.5, 0.6) is 5.75 Å². The largest absolute Gasteiger partial charge is 0.494 e. The first-order valence-corrected chi connectivity index (χ1v) is 10.6. The van der Waals surface area contributed by atoms with E-state index in [9.17, 15) is 9.59 Å². The second kappa shape index (κ2) is 9.37. The second-order valence-corrected chi connectivity index (χ2v) is 8.35. The highest BCUT2D eigenvalue weighted by molar-refractivity contribution is 8.26. The summed E-state index contributed by atoms with van der Waals surface area (Å²) in [4.78, 5) is 26.9. The minimum Gasteiger partial charge on any atom is -0.494 e. The number of hydrogen-bond donors (Lipinski definition) is 1. The SMILES string of the molecule is CCOc1ccc(/C=C2\SC(=S)N(CC(=O)NC3CCCCC3)C2=O)cc1. The van der Waals surface area contributed by atoms with Gasteiger partial charge in [0.2, 0.25) is 5.91 Å². The van der Waals surface area contributed by atoms with Crippen LogP contribution in [0, 0.1) is 0 Å². The van der Waals surface area contributed by atoms with Gasteiger partial charge in [0, 0.05) is 6.04 Å². The van der Waals surface area contributed by atoms with Gasteiger partial charge in [0.15, 0.2) is 0 Å². The van der Waals surface area contributed by atoms with E-state index in [0.29, 0.717) is 15.8 Å². The van der Waals surface area contributed by atoms with Crippen molar-refractivity contribution in [1.82, 2.24) is 10.2 Å². The van der Waals surface area contributed by atoms with E-state index in [4.69, 9.17) is 17.0 Å². The molecule has 0 aromatic heterocycles. The standard InChI is InChI=1S/C20H24N2O3S2/c1-2-25-16-10-8-14(9-11-16)12-17-19(24)22(20(26)27-17)13-18(23)21-15-6-4-3-5-7-15/h8-12,15H,2-7,13H2,1H3,(H,21,23)/b17-12-. The van der Waals surface area contributed by atoms with E-state index in [1.54, 1.807) is 6.08 Å². The minimum atomic E-state index is -0.210. The first-order chi connectivity index (χ1) is 13.1. The van der Waals surface area contributed by atoms with Crippen molar-refractivity contribution in [2.75, 3.05) is 13.2 Å². The average molecular weight is 405 g/mol. The summed E-state index contributed by atoms with van der Waals surface area (Å²) >= 11 is 6.55. The molecule has 2 amide bonds. The molecule has 2 aliphatic rings. The Morgan fingerprint density at radius 3 is 2.67 bits per heavy atom. The molecule has 3 rings (SSSR count). The molecule has 1 saturated carbocycles. The van der Waals surface area contributed by atoms with E-state index >= 15 is 0 Å². The molecule has 1 aromatic carbocycles. The molecule has 1 aliphatic carbocycles. The van der Waals surface area contributed by atoms with Gasteiger partial charge in [-0.3, -0.25) is 14.5 Å². The van der Waals surface area contributed by atoms with Crippen molar-refractivity contribution in [3.8, 4) is 5.75 Å². The third kappa shape index (κ3) is 5.32. The predicted octanol–water partition coefficient (Wildman–Crippen LogP) is 3.74. The van der Waals surface area contributed by atoms with E-state index < -0.39 is 0 Å². The van der Waals surface area contributed by atoms with E-state index in [0.717, 1.165) is 37.0 Å². The lowest BCUT2D eigenvalue weighted by atomic mass is 9.95. The second-order valence-electron chi connectivity index (χ2n) is 6.67. The molecule has 27 heavy (non-hydrogen) atoms. The fraction of sp³-hybridized carbons (Fsp3) is 0.450. The van der Waals surface area contributed by atoms with E-state index in [-0.39, 0.29) is 24.4 Å². The summed E-state index contributed by atoms with van der Waals surface area (Å²) in [6.07, 6.45) is 7.36. The van der Waals surface area contributed by atoms with Crippen LogP contribution in [0.4, 0.5) is 0 Å². The lowest BCUT2D eigenvalue weighted by molar-refractivity contribution is -0.129. The van der Waals surface area contributed by atoms with E-state index in [1.165, 1.54) is 23.1 Å². The Kier molecular flexibility index (Phi) is 6.90. The third-order valence-electron chi connectivity index (χ3n) is 4.63. The molecular formula is C20H24N2O3S2. The number of rotatable bonds is 6. The van der Waals surface area contributed by atoms with Crippen LogP contribution in [-0.4, -0.2) is 40.2 Å². The Morgan fingerprint density at radius 2 is 2.00 bits per heavy atom. The maximum Gasteiger partial charge on any atom is 0.266 e. The summed E-state index contributed by atoms with van der Waals surface area (Å²) in [5.74, 6) is 0.444. The first kappa shape index (κ1) is 19.9. The van der Waals surface area contributed by atoms with Crippen LogP contribution in [-0.2, 0) is 9.59 Å². The van der Waals surface area contributed by atoms with Gasteiger partial charge in [0.25, 0.3) is 5.91 Å². The molecular weight excluding hydrogens is 380 g/mol. The molecule has 1 aliphatic heterocycles. The van der Waals surface area contributed by atoms with Gasteiger partial charge in [-0.15, -0.1) is 0 Å². The van der Waals surface area contributed by atoms with Crippen molar-refractivity contribution < 1.29 is 14.3 Å². The lowest BCUT2D eigenvalue weighted by Crippen LogP contribution is -2.44. The number of carbonyl (C=O) groups is 2. The molecule has 5 nitrogen and oxygen atoms in total. The van der Waals surface area contributed by atoms with Crippen LogP contribution in [0.1, 0.15) is 44.6 Å². The zero-order valence-corrected chi connectivity index (χ0v) is 17.0. The maximum absolute atomic E-state index is 12.7. The quantitative estimate of drug-likeness (QED) is 0.578. The molecule has 1 N–H and O–H groups in total. The van der Waals surface area contributed by atoms with Crippen molar-refractivity contribution in [1.29, 1.82) is 0 Å². The Hall–Kier alpha value is -1.86. The first-order valence-electron chi connectivity index (χ1n) is 9.34. The molecule has 0 bridgehead atoms. The van der Waals surface area contributed by atoms with Gasteiger partial charge in [-0.1, -0.05) is 55.4 Å². The number of benzene rings is 1. The van der Waals surface area contributed by atoms with Crippen LogP contribution < -0.4 is 10.1 Å². The fourth-order valence-corrected chi connectivity index (χ4v) is 4.53. The number of carbonyl (C=O) groups excluding carboxylic acids is 2. The van der Waals surface area contributed by atoms with Crippen LogP contribution in [0.2, 0.25) is 0 Å². The number of thioether (sulfide) groups is 1. The van der Waals surface area contributed by atoms with Crippen LogP contribution in [0.15, 0.2) is 29.2 Å². The Labute approximate surface area is 169 Å². The zero-order chi connectivity index (χ0) is 19.2. The third-order valence-corrected chi connectivity index (χ3v) is 6.01. The molecule has 7 heteroatoms. The molecule has 0 atom stereocenters. The molecule has 2 fully saturated rings. The summed E-state index contributed by atoms with van der Waals surface area (Å²) in [5.41, 5.74) is 0.894. The van der Waals surface area contributed by atoms with Crippen molar-refractivity contribution in [3.05, 3.63) is 34.7 Å². The molecule has 1 saturated heterocycles. The fourth-order valence-electron chi connectivity index (χ4n) is 3.28. The summed E-state index contributed by atoms with van der Waals surface area (Å²) in [6, 6.07) is 7.76. The number of nitrogens with one attached hydrogen (secondary N) is 1. The number of amides is 2. The Balaban J connectivity index is 1.61. The maximum atomic E-state index is 12.7. The van der Waals surface area contributed by atoms with Crippen molar-refractivity contribution >= 4 is 46.2 Å². The summed E-state index contributed by atoms with van der Waals surface area (Å²) in [6.45, 7) is 2.53. The monoisotopic (exact) mass is 404 g/mol. The Morgan fingerprint density at radius 1 is 1.30 bits per heavy atom. The molecule has 1 aromatic rings. The summed E-state index contributed by atoms with van der Waals surface area (Å²) in [7, 11) is 0. The summed E-state index contributed by atoms with van der Waals surface area (Å²) in [5, 5.41) is 3.03. The van der Waals surface area contributed by atoms with Crippen molar-refractivity contribution in [2.45, 2.75) is 45.1 Å². The molecule has 0 unspecified atom stereocenters. The van der Waals surface area contributed by atoms with Crippen molar-refractivity contribution in [2.24, 2.45) is 0 Å². The lowest BCUT2D eigenvalue weighted by Gasteiger charge is -2.24. The highest BCUT2D eigenvalue weighted by Crippen LogP contribution is 2.32. The van der Waals surface area contributed by atoms with Crippen molar-refractivity contribution in [3.63, 3.8) is 0 Å². The predicted molar refractivity (Wildman–Crippen MR) is 113 cm³/mol. The van der Waals surface area contributed by atoms with Gasteiger partial charge >= 0.3 is 0 Å². The average Bonchev–Trinajstić information content (AvgIpc) is 2.92.